The molecule has 1 aromatic carbocycles. The number of anilines is 1. The van der Waals surface area contributed by atoms with Crippen LogP contribution in [0.15, 0.2) is 58.3 Å². The van der Waals surface area contributed by atoms with Gasteiger partial charge in [-0.1, -0.05) is 71.7 Å². The first-order valence-corrected chi connectivity index (χ1v) is 12.2. The fraction of sp³-hybridized carbons (Fsp3) is 0.536. The summed E-state index contributed by atoms with van der Waals surface area (Å²) in [6, 6.07) is 7.92. The molecule has 0 aromatic heterocycles. The van der Waals surface area contributed by atoms with E-state index in [9.17, 15) is 0 Å². The van der Waals surface area contributed by atoms with Gasteiger partial charge >= 0.3 is 0 Å². The molecule has 0 aliphatic carbocycles. The highest BCUT2D eigenvalue weighted by Gasteiger charge is 2.20. The molecule has 0 fully saturated rings. The van der Waals surface area contributed by atoms with Crippen molar-refractivity contribution in [2.24, 2.45) is 10.9 Å². The van der Waals surface area contributed by atoms with Crippen molar-refractivity contribution in [3.05, 3.63) is 58.8 Å². The van der Waals surface area contributed by atoms with Gasteiger partial charge in [-0.15, -0.1) is 0 Å². The van der Waals surface area contributed by atoms with Gasteiger partial charge in [0.05, 0.1) is 0 Å². The first kappa shape index (κ1) is 29.7. The Kier molecular flexibility index (Phi) is 16.0. The third-order valence-corrected chi connectivity index (χ3v) is 4.98. The number of rotatable bonds is 8. The minimum Gasteiger partial charge on any atom is -0.399 e. The first-order valence-electron chi connectivity index (χ1n) is 12.2. The monoisotopic (exact) mass is 441 g/mol. The van der Waals surface area contributed by atoms with E-state index in [4.69, 9.17) is 10.5 Å². The fourth-order valence-corrected chi connectivity index (χ4v) is 2.63. The van der Waals surface area contributed by atoms with Crippen LogP contribution in [0.4, 0.5) is 5.69 Å². The molecule has 0 radical (unpaired) electrons. The van der Waals surface area contributed by atoms with Crippen LogP contribution in [0.3, 0.4) is 0 Å². The summed E-state index contributed by atoms with van der Waals surface area (Å²) < 4.78 is 5.13. The van der Waals surface area contributed by atoms with Crippen molar-refractivity contribution in [3.8, 4) is 0 Å². The van der Waals surface area contributed by atoms with Gasteiger partial charge in [0.15, 0.2) is 0 Å². The molecule has 0 atom stereocenters. The zero-order valence-electron chi connectivity index (χ0n) is 22.0. The molecule has 180 valence electrons. The number of hydrogen-bond acceptors (Lipinski definition) is 3. The van der Waals surface area contributed by atoms with Gasteiger partial charge in [-0.25, -0.2) is 4.99 Å². The molecule has 32 heavy (non-hydrogen) atoms. The Bertz CT molecular complexity index is 764. The third kappa shape index (κ3) is 10.8. The molecule has 3 N–H and O–H groups in total. The number of allylic oxidation sites excluding steroid dienone is 2. The van der Waals surface area contributed by atoms with Crippen LogP contribution in [0.5, 0.6) is 0 Å². The molecule has 4 nitrogen and oxygen atoms in total. The molecule has 0 spiro atoms. The summed E-state index contributed by atoms with van der Waals surface area (Å²) in [5, 5.41) is 3.46. The van der Waals surface area contributed by atoms with Crippen LogP contribution in [-0.2, 0) is 4.74 Å². The molecule has 4 heteroatoms. The maximum absolute atomic E-state index is 5.78. The second-order valence-corrected chi connectivity index (χ2v) is 7.98. The highest BCUT2D eigenvalue weighted by Crippen LogP contribution is 2.26. The first-order chi connectivity index (χ1) is 15.3. The highest BCUT2D eigenvalue weighted by atomic mass is 16.5. The van der Waals surface area contributed by atoms with Gasteiger partial charge in [0, 0.05) is 36.4 Å². The summed E-state index contributed by atoms with van der Waals surface area (Å²) in [5.74, 6) is 1.41. The van der Waals surface area contributed by atoms with E-state index in [1.165, 1.54) is 16.7 Å². The molecule has 2 rings (SSSR count). The fourth-order valence-electron chi connectivity index (χ4n) is 2.63. The number of nitrogen functional groups attached to an aromatic ring is 1. The summed E-state index contributed by atoms with van der Waals surface area (Å²) in [4.78, 5) is 4.68. The predicted octanol–water partition coefficient (Wildman–Crippen LogP) is 7.75. The van der Waals surface area contributed by atoms with E-state index in [1.54, 1.807) is 0 Å². The molecule has 1 aromatic rings. The maximum atomic E-state index is 5.78. The zero-order valence-corrected chi connectivity index (χ0v) is 22.0. The Hall–Kier alpha value is -2.33. The van der Waals surface area contributed by atoms with Gasteiger partial charge in [0.1, 0.15) is 5.84 Å². The smallest absolute Gasteiger partial charge is 0.137 e. The lowest BCUT2D eigenvalue weighted by Gasteiger charge is -2.10. The molecule has 0 unspecified atom stereocenters. The van der Waals surface area contributed by atoms with Crippen molar-refractivity contribution in [2.75, 3.05) is 18.9 Å². The van der Waals surface area contributed by atoms with E-state index < -0.39 is 0 Å². The number of ether oxygens (including phenoxy) is 1. The van der Waals surface area contributed by atoms with E-state index in [1.807, 2.05) is 44.3 Å². The Morgan fingerprint density at radius 1 is 1.03 bits per heavy atom. The van der Waals surface area contributed by atoms with Gasteiger partial charge in [0.2, 0.25) is 0 Å². The molecule has 0 saturated heterocycles. The molecule has 1 aliphatic rings. The standard InChI is InChI=1S/C20H27N3.C6H14O.C2H6/c1-6-14(4)12-22-20-18(15(5)13(2)3)11-19(23-20)16-7-9-17(21)10-8-16;1-3-5-7-6-4-2;1-2/h7-13H,6,21H2,1-5H3,(H,22,23);3-6H2,1-2H3;1-2H3/b14-12+,18-15+;;. The van der Waals surface area contributed by atoms with Crippen molar-refractivity contribution < 1.29 is 4.74 Å². The van der Waals surface area contributed by atoms with Crippen molar-refractivity contribution in [1.82, 2.24) is 5.32 Å². The van der Waals surface area contributed by atoms with Crippen LogP contribution >= 0.6 is 0 Å². The van der Waals surface area contributed by atoms with E-state index in [2.05, 4.69) is 64.9 Å². The van der Waals surface area contributed by atoms with Gasteiger partial charge in [0.25, 0.3) is 0 Å². The molecule has 0 amide bonds. The average molecular weight is 442 g/mol. The normalized spacial score (nSPS) is 16.0. The van der Waals surface area contributed by atoms with E-state index in [0.717, 1.165) is 55.3 Å². The van der Waals surface area contributed by atoms with Crippen molar-refractivity contribution in [1.29, 1.82) is 0 Å². The van der Waals surface area contributed by atoms with Crippen LogP contribution in [0.25, 0.3) is 5.70 Å². The van der Waals surface area contributed by atoms with Gasteiger partial charge < -0.3 is 15.8 Å². The molecule has 0 bridgehead atoms. The Balaban J connectivity index is 0.000000911. The largest absolute Gasteiger partial charge is 0.399 e. The highest BCUT2D eigenvalue weighted by molar-refractivity contribution is 6.11. The minimum atomic E-state index is 0.482. The number of hydrogen-bond donors (Lipinski definition) is 2. The second kappa shape index (κ2) is 17.3. The maximum Gasteiger partial charge on any atom is 0.137 e. The van der Waals surface area contributed by atoms with Gasteiger partial charge in [-0.2, -0.15) is 0 Å². The number of nitrogens with one attached hydrogen (secondary N) is 1. The Morgan fingerprint density at radius 3 is 2.06 bits per heavy atom. The number of nitrogens with two attached hydrogens (primary N) is 1. The molecule has 1 aliphatic heterocycles. The summed E-state index contributed by atoms with van der Waals surface area (Å²) in [5.41, 5.74) is 12.5. The predicted molar refractivity (Wildman–Crippen MR) is 144 cm³/mol. The SMILES string of the molecule is CC.CC/C(C)=C/N=C1\NC(c2ccc(N)cc2)=C\C1=C(\C)C(C)C.CCCOCCC. The summed E-state index contributed by atoms with van der Waals surface area (Å²) >= 11 is 0. The Labute approximate surface area is 197 Å². The number of nitrogens with zero attached hydrogens (tertiary/aromatic N) is 1. The lowest BCUT2D eigenvalue weighted by atomic mass is 9.98. The summed E-state index contributed by atoms with van der Waals surface area (Å²) in [7, 11) is 0. The van der Waals surface area contributed by atoms with Crippen LogP contribution < -0.4 is 11.1 Å². The summed E-state index contributed by atoms with van der Waals surface area (Å²) in [6.45, 7) is 20.9. The van der Waals surface area contributed by atoms with E-state index in [0.29, 0.717) is 5.92 Å². The van der Waals surface area contributed by atoms with Crippen molar-refractivity contribution in [3.63, 3.8) is 0 Å². The quantitative estimate of drug-likeness (QED) is 0.320. The molecule has 0 saturated carbocycles. The summed E-state index contributed by atoms with van der Waals surface area (Å²) in [6.07, 6.45) is 7.43. The van der Waals surface area contributed by atoms with Gasteiger partial charge in [-0.3, -0.25) is 0 Å². The van der Waals surface area contributed by atoms with Crippen molar-refractivity contribution >= 4 is 17.2 Å². The third-order valence-electron chi connectivity index (χ3n) is 4.98. The molecule has 1 heterocycles. The number of aliphatic imine (C=N–C) groups is 1. The van der Waals surface area contributed by atoms with E-state index in [-0.39, 0.29) is 0 Å². The second-order valence-electron chi connectivity index (χ2n) is 7.98. The van der Waals surface area contributed by atoms with Crippen LogP contribution in [-0.4, -0.2) is 19.0 Å². The van der Waals surface area contributed by atoms with E-state index >= 15 is 0 Å². The lowest BCUT2D eigenvalue weighted by molar-refractivity contribution is 0.135. The zero-order chi connectivity index (χ0) is 24.5. The number of amidine groups is 1. The van der Waals surface area contributed by atoms with Gasteiger partial charge in [-0.05, 0) is 62.8 Å². The van der Waals surface area contributed by atoms with Crippen LogP contribution in [0, 0.1) is 5.92 Å². The Morgan fingerprint density at radius 2 is 1.59 bits per heavy atom. The van der Waals surface area contributed by atoms with Crippen molar-refractivity contribution in [2.45, 2.75) is 81.6 Å². The van der Waals surface area contributed by atoms with Crippen LogP contribution in [0.1, 0.15) is 87.1 Å². The molecular formula is C28H47N3O. The topological polar surface area (TPSA) is 59.6 Å². The minimum absolute atomic E-state index is 0.482. The number of benzene rings is 1. The van der Waals surface area contributed by atoms with Crippen LogP contribution in [0.2, 0.25) is 0 Å². The average Bonchev–Trinajstić information content (AvgIpc) is 3.23. The lowest BCUT2D eigenvalue weighted by Crippen LogP contribution is -2.17. The molecular weight excluding hydrogens is 394 g/mol.